The number of aromatic nitrogens is 3. The lowest BCUT2D eigenvalue weighted by molar-refractivity contribution is 0.416. The molecule has 4 nitrogen and oxygen atoms in total. The van der Waals surface area contributed by atoms with Crippen molar-refractivity contribution in [1.29, 1.82) is 0 Å². The molecule has 15 heavy (non-hydrogen) atoms. The maximum Gasteiger partial charge on any atom is 0.203 e. The van der Waals surface area contributed by atoms with Crippen molar-refractivity contribution in [3.05, 3.63) is 24.2 Å². The summed E-state index contributed by atoms with van der Waals surface area (Å²) in [5.74, 6) is 1.69. The molecule has 0 unspecified atom stereocenters. The largest absolute Gasteiger partial charge is 0.493 e. The van der Waals surface area contributed by atoms with Gasteiger partial charge < -0.3 is 4.74 Å². The second-order valence-electron chi connectivity index (χ2n) is 4.54. The molecule has 0 bridgehead atoms. The van der Waals surface area contributed by atoms with Crippen molar-refractivity contribution in [3.63, 3.8) is 0 Å². The monoisotopic (exact) mass is 205 g/mol. The molecule has 0 aliphatic rings. The Bertz CT molecular complexity index is 482. The lowest BCUT2D eigenvalue weighted by Gasteiger charge is -2.15. The van der Waals surface area contributed by atoms with Crippen molar-refractivity contribution in [2.45, 2.75) is 26.2 Å². The third-order valence-corrected chi connectivity index (χ3v) is 2.29. The van der Waals surface area contributed by atoms with Crippen molar-refractivity contribution in [3.8, 4) is 5.75 Å². The molecule has 2 rings (SSSR count). The third kappa shape index (κ3) is 1.56. The number of ether oxygens (including phenoxy) is 1. The molecule has 4 heteroatoms. The highest BCUT2D eigenvalue weighted by atomic mass is 16.5. The zero-order valence-electron chi connectivity index (χ0n) is 9.48. The Hall–Kier alpha value is -1.58. The first kappa shape index (κ1) is 9.96. The summed E-state index contributed by atoms with van der Waals surface area (Å²) >= 11 is 0. The molecule has 0 saturated carbocycles. The van der Waals surface area contributed by atoms with Crippen LogP contribution in [-0.4, -0.2) is 21.7 Å². The van der Waals surface area contributed by atoms with Gasteiger partial charge in [0.05, 0.1) is 7.11 Å². The van der Waals surface area contributed by atoms with E-state index >= 15 is 0 Å². The Balaban J connectivity index is 2.72. The summed E-state index contributed by atoms with van der Waals surface area (Å²) in [7, 11) is 1.64. The molecule has 0 fully saturated rings. The molecule has 0 spiro atoms. The molecule has 80 valence electrons. The third-order valence-electron chi connectivity index (χ3n) is 2.29. The summed E-state index contributed by atoms with van der Waals surface area (Å²) in [6.07, 6.45) is 1.96. The average molecular weight is 205 g/mol. The molecule has 0 saturated heterocycles. The van der Waals surface area contributed by atoms with Gasteiger partial charge in [-0.1, -0.05) is 20.8 Å². The molecule has 0 atom stereocenters. The Morgan fingerprint density at radius 2 is 2.00 bits per heavy atom. The van der Waals surface area contributed by atoms with E-state index in [0.717, 1.165) is 17.2 Å². The first-order valence-electron chi connectivity index (χ1n) is 4.92. The zero-order chi connectivity index (χ0) is 11.1. The van der Waals surface area contributed by atoms with Crippen LogP contribution in [-0.2, 0) is 5.41 Å². The van der Waals surface area contributed by atoms with Crippen LogP contribution >= 0.6 is 0 Å². The molecule has 0 radical (unpaired) electrons. The van der Waals surface area contributed by atoms with E-state index in [9.17, 15) is 0 Å². The minimum absolute atomic E-state index is 0.0220. The fourth-order valence-corrected chi connectivity index (χ4v) is 1.56. The van der Waals surface area contributed by atoms with Crippen LogP contribution in [0.15, 0.2) is 18.3 Å². The molecule has 0 aliphatic heterocycles. The van der Waals surface area contributed by atoms with Crippen LogP contribution in [0.25, 0.3) is 5.65 Å². The summed E-state index contributed by atoms with van der Waals surface area (Å²) in [5, 5.41) is 8.35. The van der Waals surface area contributed by atoms with Gasteiger partial charge in [0.1, 0.15) is 5.82 Å². The van der Waals surface area contributed by atoms with Crippen LogP contribution < -0.4 is 4.74 Å². The lowest BCUT2D eigenvalue weighted by atomic mass is 9.96. The van der Waals surface area contributed by atoms with E-state index < -0.39 is 0 Å². The summed E-state index contributed by atoms with van der Waals surface area (Å²) in [5.41, 5.74) is 0.746. The molecule has 2 heterocycles. The minimum atomic E-state index is -0.0220. The Morgan fingerprint density at radius 3 is 2.60 bits per heavy atom. The molecule has 2 aromatic heterocycles. The van der Waals surface area contributed by atoms with Crippen LogP contribution in [0.3, 0.4) is 0 Å². The van der Waals surface area contributed by atoms with E-state index in [1.807, 2.05) is 22.7 Å². The zero-order valence-corrected chi connectivity index (χ0v) is 9.48. The minimum Gasteiger partial charge on any atom is -0.493 e. The number of fused-ring (bicyclic) bond motifs is 1. The molecule has 0 amide bonds. The van der Waals surface area contributed by atoms with Gasteiger partial charge in [0.25, 0.3) is 0 Å². The van der Waals surface area contributed by atoms with Crippen LogP contribution in [0.1, 0.15) is 26.6 Å². The van der Waals surface area contributed by atoms with E-state index in [1.165, 1.54) is 0 Å². The Morgan fingerprint density at radius 1 is 1.27 bits per heavy atom. The van der Waals surface area contributed by atoms with Crippen molar-refractivity contribution in [2.75, 3.05) is 7.11 Å². The maximum atomic E-state index is 5.23. The summed E-state index contributed by atoms with van der Waals surface area (Å²) < 4.78 is 7.20. The Labute approximate surface area is 88.9 Å². The standard InChI is InChI=1S/C11H15N3O/c1-11(2,3)10-13-12-9-8(15-4)6-5-7-14(9)10/h5-7H,1-4H3. The lowest BCUT2D eigenvalue weighted by Crippen LogP contribution is -2.15. The molecule has 0 aliphatic carbocycles. The van der Waals surface area contributed by atoms with Crippen molar-refractivity contribution >= 4 is 5.65 Å². The highest BCUT2D eigenvalue weighted by molar-refractivity contribution is 5.53. The van der Waals surface area contributed by atoms with E-state index in [1.54, 1.807) is 7.11 Å². The molecule has 0 N–H and O–H groups in total. The van der Waals surface area contributed by atoms with Gasteiger partial charge in [-0.3, -0.25) is 4.40 Å². The fraction of sp³-hybridized carbons (Fsp3) is 0.455. The predicted octanol–water partition coefficient (Wildman–Crippen LogP) is 2.04. The van der Waals surface area contributed by atoms with E-state index in [2.05, 4.69) is 31.0 Å². The molecular weight excluding hydrogens is 190 g/mol. The smallest absolute Gasteiger partial charge is 0.203 e. The van der Waals surface area contributed by atoms with Gasteiger partial charge in [0.15, 0.2) is 5.75 Å². The second-order valence-corrected chi connectivity index (χ2v) is 4.54. The van der Waals surface area contributed by atoms with Gasteiger partial charge in [-0.2, -0.15) is 0 Å². The predicted molar refractivity (Wildman–Crippen MR) is 58.2 cm³/mol. The summed E-state index contributed by atoms with van der Waals surface area (Å²) in [4.78, 5) is 0. The summed E-state index contributed by atoms with van der Waals surface area (Å²) in [6.45, 7) is 6.34. The second kappa shape index (κ2) is 3.22. The molecule has 0 aromatic carbocycles. The van der Waals surface area contributed by atoms with Gasteiger partial charge in [0.2, 0.25) is 5.65 Å². The number of rotatable bonds is 1. The number of nitrogens with zero attached hydrogens (tertiary/aromatic N) is 3. The van der Waals surface area contributed by atoms with Crippen LogP contribution in [0.2, 0.25) is 0 Å². The van der Waals surface area contributed by atoms with E-state index in [0.29, 0.717) is 0 Å². The van der Waals surface area contributed by atoms with Crippen molar-refractivity contribution < 1.29 is 4.74 Å². The SMILES string of the molecule is COc1cccn2c(C(C)(C)C)nnc12. The van der Waals surface area contributed by atoms with Crippen molar-refractivity contribution in [1.82, 2.24) is 14.6 Å². The number of hydrogen-bond donors (Lipinski definition) is 0. The highest BCUT2D eigenvalue weighted by Crippen LogP contribution is 2.24. The van der Waals surface area contributed by atoms with Crippen LogP contribution in [0, 0.1) is 0 Å². The van der Waals surface area contributed by atoms with Gasteiger partial charge in [0, 0.05) is 11.6 Å². The molecule has 2 aromatic rings. The first-order valence-corrected chi connectivity index (χ1v) is 4.92. The summed E-state index contributed by atoms with van der Waals surface area (Å²) in [6, 6.07) is 3.82. The van der Waals surface area contributed by atoms with E-state index in [-0.39, 0.29) is 5.41 Å². The topological polar surface area (TPSA) is 39.4 Å². The average Bonchev–Trinajstić information content (AvgIpc) is 2.59. The van der Waals surface area contributed by atoms with E-state index in [4.69, 9.17) is 4.74 Å². The van der Waals surface area contributed by atoms with Gasteiger partial charge in [-0.05, 0) is 12.1 Å². The van der Waals surface area contributed by atoms with Gasteiger partial charge in [-0.15, -0.1) is 10.2 Å². The maximum absolute atomic E-state index is 5.23. The Kier molecular flexibility index (Phi) is 2.14. The van der Waals surface area contributed by atoms with Crippen LogP contribution in [0.4, 0.5) is 0 Å². The number of pyridine rings is 1. The van der Waals surface area contributed by atoms with Gasteiger partial charge >= 0.3 is 0 Å². The molecular formula is C11H15N3O. The van der Waals surface area contributed by atoms with Crippen LogP contribution in [0.5, 0.6) is 5.75 Å². The normalized spacial score (nSPS) is 12.0. The number of methoxy groups -OCH3 is 1. The first-order chi connectivity index (χ1) is 7.04. The van der Waals surface area contributed by atoms with Gasteiger partial charge in [-0.25, -0.2) is 0 Å². The van der Waals surface area contributed by atoms with Crippen molar-refractivity contribution in [2.24, 2.45) is 0 Å². The fourth-order valence-electron chi connectivity index (χ4n) is 1.56. The number of hydrogen-bond acceptors (Lipinski definition) is 3. The quantitative estimate of drug-likeness (QED) is 0.715. The highest BCUT2D eigenvalue weighted by Gasteiger charge is 2.21.